The van der Waals surface area contributed by atoms with Gasteiger partial charge in [0.05, 0.1) is 6.07 Å². The van der Waals surface area contributed by atoms with Crippen molar-refractivity contribution in [1.82, 2.24) is 0 Å². The van der Waals surface area contributed by atoms with Gasteiger partial charge in [-0.25, -0.2) is 0 Å². The summed E-state index contributed by atoms with van der Waals surface area (Å²) in [4.78, 5) is 0. The van der Waals surface area contributed by atoms with Crippen molar-refractivity contribution >= 4 is 0 Å². The number of hydrogen-bond acceptors (Lipinski definition) is 1. The molecule has 1 nitrogen and oxygen atoms in total. The van der Waals surface area contributed by atoms with Crippen LogP contribution in [-0.2, 0) is 6.42 Å². The zero-order valence-corrected chi connectivity index (χ0v) is 19.5. The van der Waals surface area contributed by atoms with E-state index in [0.29, 0.717) is 0 Å². The third-order valence-electron chi connectivity index (χ3n) is 7.47. The average molecular weight is 416 g/mol. The molecule has 2 aliphatic carbocycles. The molecule has 31 heavy (non-hydrogen) atoms. The molecular weight excluding hydrogens is 374 g/mol. The van der Waals surface area contributed by atoms with Crippen molar-refractivity contribution < 1.29 is 0 Å². The average Bonchev–Trinajstić information content (AvgIpc) is 2.82. The van der Waals surface area contributed by atoms with Gasteiger partial charge in [0, 0.05) is 6.08 Å². The summed E-state index contributed by atoms with van der Waals surface area (Å²) >= 11 is 0. The SMILES string of the molecule is CCCc1ccc([C@H]2CC[C@H](/C=C/[C@H]3CC[C@H](CCC=CC=CC#N)CC3)CC2)cc1. The quantitative estimate of drug-likeness (QED) is 0.225. The smallest absolute Gasteiger partial charge is 0.0912 e. The standard InChI is InChI=1S/C30H41N/c1-2-8-25-16-20-29(21-17-25)30-22-18-28(19-23-30)15-14-27-12-10-26(11-13-27)9-6-4-3-5-7-24-31/h3-5,7,14-17,20-21,26-28,30H,2,6,8-13,18-19,22-23H2,1H3/b4-3?,7-5?,15-14+/t26-,27-,28-,30-. The zero-order valence-electron chi connectivity index (χ0n) is 19.5. The third kappa shape index (κ3) is 8.17. The zero-order chi connectivity index (χ0) is 21.7. The molecule has 3 rings (SSSR count). The van der Waals surface area contributed by atoms with E-state index in [1.165, 1.54) is 82.3 Å². The Bertz CT molecular complexity index is 745. The van der Waals surface area contributed by atoms with Crippen molar-refractivity contribution in [3.63, 3.8) is 0 Å². The van der Waals surface area contributed by atoms with Gasteiger partial charge in [-0.2, -0.15) is 5.26 Å². The van der Waals surface area contributed by atoms with Gasteiger partial charge in [0.15, 0.2) is 0 Å². The topological polar surface area (TPSA) is 23.8 Å². The number of rotatable bonds is 9. The van der Waals surface area contributed by atoms with E-state index in [4.69, 9.17) is 5.26 Å². The molecule has 0 saturated heterocycles. The molecule has 1 heteroatoms. The van der Waals surface area contributed by atoms with Crippen LogP contribution in [0.25, 0.3) is 0 Å². The van der Waals surface area contributed by atoms with E-state index < -0.39 is 0 Å². The molecule has 0 unspecified atom stereocenters. The fourth-order valence-electron chi connectivity index (χ4n) is 5.48. The van der Waals surface area contributed by atoms with Crippen LogP contribution in [-0.4, -0.2) is 0 Å². The highest BCUT2D eigenvalue weighted by atomic mass is 14.3. The maximum atomic E-state index is 8.48. The summed E-state index contributed by atoms with van der Waals surface area (Å²) in [7, 11) is 0. The first-order valence-electron chi connectivity index (χ1n) is 12.8. The number of nitrogens with zero attached hydrogens (tertiary/aromatic N) is 1. The van der Waals surface area contributed by atoms with Gasteiger partial charge in [-0.05, 0) is 105 Å². The van der Waals surface area contributed by atoms with E-state index in [-0.39, 0.29) is 0 Å². The van der Waals surface area contributed by atoms with E-state index >= 15 is 0 Å². The first-order valence-corrected chi connectivity index (χ1v) is 12.8. The Morgan fingerprint density at radius 3 is 2.13 bits per heavy atom. The number of aryl methyl sites for hydroxylation is 1. The highest BCUT2D eigenvalue weighted by Gasteiger charge is 2.22. The lowest BCUT2D eigenvalue weighted by Gasteiger charge is -2.29. The summed E-state index contributed by atoms with van der Waals surface area (Å²) in [5.41, 5.74) is 3.05. The highest BCUT2D eigenvalue weighted by molar-refractivity contribution is 5.26. The Kier molecular flexibility index (Phi) is 10.2. The summed E-state index contributed by atoms with van der Waals surface area (Å²) < 4.78 is 0. The Morgan fingerprint density at radius 2 is 1.52 bits per heavy atom. The van der Waals surface area contributed by atoms with Crippen molar-refractivity contribution in [2.45, 2.75) is 89.9 Å². The third-order valence-corrected chi connectivity index (χ3v) is 7.47. The van der Waals surface area contributed by atoms with Crippen LogP contribution in [0.5, 0.6) is 0 Å². The number of nitriles is 1. The minimum atomic E-state index is 0.778. The van der Waals surface area contributed by atoms with Gasteiger partial charge < -0.3 is 0 Å². The molecule has 0 N–H and O–H groups in total. The predicted molar refractivity (Wildman–Crippen MR) is 133 cm³/mol. The Labute approximate surface area is 191 Å². The van der Waals surface area contributed by atoms with Crippen molar-refractivity contribution in [3.8, 4) is 6.07 Å². The maximum Gasteiger partial charge on any atom is 0.0912 e. The monoisotopic (exact) mass is 415 g/mol. The minimum absolute atomic E-state index is 0.778. The van der Waals surface area contributed by atoms with Crippen LogP contribution < -0.4 is 0 Å². The summed E-state index contributed by atoms with van der Waals surface area (Å²) in [5.74, 6) is 3.29. The molecule has 2 aliphatic rings. The van der Waals surface area contributed by atoms with E-state index in [9.17, 15) is 0 Å². The largest absolute Gasteiger partial charge is 0.193 e. The molecule has 0 spiro atoms. The molecule has 2 saturated carbocycles. The molecule has 0 aromatic heterocycles. The second-order valence-corrected chi connectivity index (χ2v) is 9.76. The molecule has 0 bridgehead atoms. The van der Waals surface area contributed by atoms with Crippen LogP contribution in [0.15, 0.2) is 60.7 Å². The summed E-state index contributed by atoms with van der Waals surface area (Å²) in [6.45, 7) is 2.26. The lowest BCUT2D eigenvalue weighted by molar-refractivity contribution is 0.295. The van der Waals surface area contributed by atoms with Crippen molar-refractivity contribution in [3.05, 3.63) is 71.8 Å². The molecule has 2 fully saturated rings. The first kappa shape index (κ1) is 23.6. The fraction of sp³-hybridized carbons (Fsp3) is 0.567. The predicted octanol–water partition coefficient (Wildman–Crippen LogP) is 8.69. The lowest BCUT2D eigenvalue weighted by Crippen LogP contribution is -2.14. The molecule has 166 valence electrons. The second-order valence-electron chi connectivity index (χ2n) is 9.76. The summed E-state index contributed by atoms with van der Waals surface area (Å²) in [5, 5.41) is 8.48. The Hall–Kier alpha value is -2.07. The number of hydrogen-bond donors (Lipinski definition) is 0. The molecule has 0 amide bonds. The summed E-state index contributed by atoms with van der Waals surface area (Å²) in [6, 6.07) is 11.5. The van der Waals surface area contributed by atoms with Gasteiger partial charge in [-0.1, -0.05) is 68.0 Å². The second kappa shape index (κ2) is 13.4. The van der Waals surface area contributed by atoms with Crippen LogP contribution in [0.3, 0.4) is 0 Å². The molecule has 0 atom stereocenters. The van der Waals surface area contributed by atoms with E-state index in [1.807, 2.05) is 18.2 Å². The van der Waals surface area contributed by atoms with Crippen molar-refractivity contribution in [1.29, 1.82) is 5.26 Å². The highest BCUT2D eigenvalue weighted by Crippen LogP contribution is 2.38. The van der Waals surface area contributed by atoms with E-state index in [2.05, 4.69) is 49.4 Å². The Morgan fingerprint density at radius 1 is 0.871 bits per heavy atom. The van der Waals surface area contributed by atoms with Gasteiger partial charge in [-0.15, -0.1) is 0 Å². The minimum Gasteiger partial charge on any atom is -0.193 e. The molecular formula is C30H41N. The normalized spacial score (nSPS) is 27.2. The van der Waals surface area contributed by atoms with Gasteiger partial charge in [0.2, 0.25) is 0 Å². The molecule has 1 aromatic carbocycles. The van der Waals surface area contributed by atoms with Crippen LogP contribution in [0, 0.1) is 29.1 Å². The van der Waals surface area contributed by atoms with Crippen LogP contribution >= 0.6 is 0 Å². The van der Waals surface area contributed by atoms with Crippen LogP contribution in [0.2, 0.25) is 0 Å². The molecule has 0 radical (unpaired) electrons. The number of benzene rings is 1. The van der Waals surface area contributed by atoms with Crippen LogP contribution in [0.1, 0.15) is 94.6 Å². The van der Waals surface area contributed by atoms with Gasteiger partial charge in [0.1, 0.15) is 0 Å². The van der Waals surface area contributed by atoms with Gasteiger partial charge in [-0.3, -0.25) is 0 Å². The molecule has 0 heterocycles. The fourth-order valence-corrected chi connectivity index (χ4v) is 5.48. The van der Waals surface area contributed by atoms with Gasteiger partial charge >= 0.3 is 0 Å². The number of allylic oxidation sites excluding steroid dienone is 6. The van der Waals surface area contributed by atoms with E-state index in [1.54, 1.807) is 5.56 Å². The van der Waals surface area contributed by atoms with E-state index in [0.717, 1.165) is 30.1 Å². The molecule has 0 aliphatic heterocycles. The van der Waals surface area contributed by atoms with Gasteiger partial charge in [0.25, 0.3) is 0 Å². The maximum absolute atomic E-state index is 8.48. The van der Waals surface area contributed by atoms with Crippen LogP contribution in [0.4, 0.5) is 0 Å². The molecule has 1 aromatic rings. The Balaban J connectivity index is 1.33. The van der Waals surface area contributed by atoms with Crippen molar-refractivity contribution in [2.24, 2.45) is 17.8 Å². The summed E-state index contributed by atoms with van der Waals surface area (Å²) in [6.07, 6.45) is 28.6. The van der Waals surface area contributed by atoms with Crippen molar-refractivity contribution in [2.75, 3.05) is 0 Å². The first-order chi connectivity index (χ1) is 15.3. The lowest BCUT2D eigenvalue weighted by atomic mass is 9.77.